The molecule has 0 spiro atoms. The molecule has 4 rings (SSSR count). The lowest BCUT2D eigenvalue weighted by atomic mass is 9.83. The highest BCUT2D eigenvalue weighted by Crippen LogP contribution is 2.32. The van der Waals surface area contributed by atoms with Crippen LogP contribution in [0.3, 0.4) is 0 Å². The van der Waals surface area contributed by atoms with Gasteiger partial charge in [0.1, 0.15) is 5.75 Å². The highest BCUT2D eigenvalue weighted by Gasteiger charge is 2.38. The normalized spacial score (nSPS) is 22.4. The predicted octanol–water partition coefficient (Wildman–Crippen LogP) is 4.06. The van der Waals surface area contributed by atoms with Gasteiger partial charge in [0, 0.05) is 38.6 Å². The molecular formula is C25H32N2O2. The van der Waals surface area contributed by atoms with E-state index in [-0.39, 0.29) is 0 Å². The number of aryl methyl sites for hydroxylation is 1. The van der Waals surface area contributed by atoms with E-state index in [1.54, 1.807) is 7.11 Å². The van der Waals surface area contributed by atoms with Crippen LogP contribution >= 0.6 is 0 Å². The fraction of sp³-hybridized carbons (Fsp3) is 0.480. The van der Waals surface area contributed by atoms with Crippen LogP contribution in [0.1, 0.15) is 36.0 Å². The van der Waals surface area contributed by atoms with Crippen LogP contribution in [0.2, 0.25) is 0 Å². The minimum Gasteiger partial charge on any atom is -0.497 e. The molecule has 2 fully saturated rings. The van der Waals surface area contributed by atoms with Crippen molar-refractivity contribution >= 4 is 5.91 Å². The minimum atomic E-state index is 0.340. The molecule has 2 saturated heterocycles. The van der Waals surface area contributed by atoms with Gasteiger partial charge in [0.25, 0.3) is 0 Å². The Hall–Kier alpha value is -2.33. The van der Waals surface area contributed by atoms with Crippen LogP contribution in [-0.2, 0) is 17.8 Å². The Bertz CT molecular complexity index is 833. The molecule has 2 aromatic rings. The summed E-state index contributed by atoms with van der Waals surface area (Å²) in [5.41, 5.74) is 3.98. The van der Waals surface area contributed by atoms with Gasteiger partial charge in [0.05, 0.1) is 7.11 Å². The number of hydrogen-bond donors (Lipinski definition) is 0. The van der Waals surface area contributed by atoms with Crippen molar-refractivity contribution in [3.8, 4) is 5.75 Å². The third-order valence-corrected chi connectivity index (χ3v) is 6.52. The Balaban J connectivity index is 1.36. The van der Waals surface area contributed by atoms with E-state index in [1.165, 1.54) is 16.7 Å². The van der Waals surface area contributed by atoms with Gasteiger partial charge in [-0.25, -0.2) is 0 Å². The second-order valence-electron chi connectivity index (χ2n) is 8.56. The second kappa shape index (κ2) is 9.00. The molecule has 4 nitrogen and oxygen atoms in total. The van der Waals surface area contributed by atoms with Crippen LogP contribution in [-0.4, -0.2) is 48.5 Å². The number of amides is 1. The molecule has 0 N–H and O–H groups in total. The van der Waals surface area contributed by atoms with E-state index >= 15 is 0 Å². The molecule has 2 aliphatic rings. The maximum atomic E-state index is 12.7. The third kappa shape index (κ3) is 4.81. The summed E-state index contributed by atoms with van der Waals surface area (Å²) in [6, 6.07) is 17.4. The number of methoxy groups -OCH3 is 1. The molecule has 29 heavy (non-hydrogen) atoms. The molecule has 0 bridgehead atoms. The number of piperidine rings is 2. The number of fused-ring (bicyclic) bond motifs is 1. The molecule has 0 unspecified atom stereocenters. The zero-order valence-corrected chi connectivity index (χ0v) is 17.6. The molecule has 1 amide bonds. The van der Waals surface area contributed by atoms with Crippen LogP contribution in [0, 0.1) is 12.8 Å². The van der Waals surface area contributed by atoms with E-state index < -0.39 is 0 Å². The first-order chi connectivity index (χ1) is 14.1. The van der Waals surface area contributed by atoms with Gasteiger partial charge in [-0.3, -0.25) is 9.69 Å². The Morgan fingerprint density at radius 3 is 2.66 bits per heavy atom. The first-order valence-corrected chi connectivity index (χ1v) is 10.8. The molecule has 0 saturated carbocycles. The van der Waals surface area contributed by atoms with Gasteiger partial charge in [-0.2, -0.15) is 0 Å². The smallest absolute Gasteiger partial charge is 0.222 e. The Morgan fingerprint density at radius 2 is 1.90 bits per heavy atom. The van der Waals surface area contributed by atoms with Gasteiger partial charge in [-0.1, -0.05) is 42.0 Å². The van der Waals surface area contributed by atoms with Crippen LogP contribution in [0.25, 0.3) is 0 Å². The van der Waals surface area contributed by atoms with Crippen molar-refractivity contribution in [2.45, 2.75) is 45.2 Å². The highest BCUT2D eigenvalue weighted by atomic mass is 16.5. The molecular weight excluding hydrogens is 360 g/mol. The molecule has 2 aromatic carbocycles. The molecule has 4 heteroatoms. The number of carbonyl (C=O) groups is 1. The highest BCUT2D eigenvalue weighted by molar-refractivity contribution is 5.77. The van der Waals surface area contributed by atoms with Gasteiger partial charge >= 0.3 is 0 Å². The van der Waals surface area contributed by atoms with Crippen molar-refractivity contribution in [2.75, 3.05) is 26.7 Å². The standard InChI is InChI=1S/C25H32N2O2/c1-19-4-3-5-21(16-19)17-26-14-13-24-22(18-26)8-11-25(28)27(24)15-12-20-6-9-23(29-2)10-7-20/h3-7,9-10,16,22,24H,8,11-15,17-18H2,1-2H3/t22-,24+/m1/s1. The third-order valence-electron chi connectivity index (χ3n) is 6.52. The van der Waals surface area contributed by atoms with Crippen molar-refractivity contribution in [1.82, 2.24) is 9.80 Å². The lowest BCUT2D eigenvalue weighted by Gasteiger charge is -2.47. The molecule has 0 radical (unpaired) electrons. The summed E-state index contributed by atoms with van der Waals surface area (Å²) in [5, 5.41) is 0. The second-order valence-corrected chi connectivity index (χ2v) is 8.56. The van der Waals surface area contributed by atoms with E-state index in [4.69, 9.17) is 4.74 Å². The predicted molar refractivity (Wildman–Crippen MR) is 116 cm³/mol. The fourth-order valence-corrected chi connectivity index (χ4v) is 4.97. The number of hydrogen-bond acceptors (Lipinski definition) is 3. The maximum Gasteiger partial charge on any atom is 0.222 e. The number of nitrogens with zero attached hydrogens (tertiary/aromatic N) is 2. The summed E-state index contributed by atoms with van der Waals surface area (Å²) in [5.74, 6) is 1.82. The zero-order valence-electron chi connectivity index (χ0n) is 17.6. The monoisotopic (exact) mass is 392 g/mol. The summed E-state index contributed by atoms with van der Waals surface area (Å²) in [6.07, 6.45) is 3.73. The lowest BCUT2D eigenvalue weighted by Crippen LogP contribution is -2.56. The van der Waals surface area contributed by atoms with Crippen molar-refractivity contribution < 1.29 is 9.53 Å². The van der Waals surface area contributed by atoms with Gasteiger partial charge in [-0.05, 0) is 55.4 Å². The SMILES string of the molecule is COc1ccc(CCN2C(=O)CC[C@@H]3CN(Cc4cccc(C)c4)CC[C@@H]32)cc1. The largest absolute Gasteiger partial charge is 0.497 e. The van der Waals surface area contributed by atoms with Crippen LogP contribution in [0.15, 0.2) is 48.5 Å². The Labute approximate surface area is 174 Å². The van der Waals surface area contributed by atoms with E-state index in [2.05, 4.69) is 53.1 Å². The van der Waals surface area contributed by atoms with Crippen LogP contribution in [0.4, 0.5) is 0 Å². The summed E-state index contributed by atoms with van der Waals surface area (Å²) in [6.45, 7) is 6.17. The molecule has 2 atom stereocenters. The number of benzene rings is 2. The molecule has 154 valence electrons. The molecule has 0 aliphatic carbocycles. The van der Waals surface area contributed by atoms with Crippen molar-refractivity contribution in [3.63, 3.8) is 0 Å². The lowest BCUT2D eigenvalue weighted by molar-refractivity contribution is -0.141. The van der Waals surface area contributed by atoms with Gasteiger partial charge in [0.15, 0.2) is 0 Å². The quantitative estimate of drug-likeness (QED) is 0.743. The van der Waals surface area contributed by atoms with E-state index in [0.717, 1.165) is 51.2 Å². The molecule has 2 heterocycles. The topological polar surface area (TPSA) is 32.8 Å². The maximum absolute atomic E-state index is 12.7. The average molecular weight is 393 g/mol. The van der Waals surface area contributed by atoms with Gasteiger partial charge in [-0.15, -0.1) is 0 Å². The van der Waals surface area contributed by atoms with E-state index in [1.807, 2.05) is 12.1 Å². The van der Waals surface area contributed by atoms with Gasteiger partial charge < -0.3 is 9.64 Å². The van der Waals surface area contributed by atoms with Crippen LogP contribution < -0.4 is 4.74 Å². The summed E-state index contributed by atoms with van der Waals surface area (Å²) in [7, 11) is 1.69. The summed E-state index contributed by atoms with van der Waals surface area (Å²) >= 11 is 0. The molecule has 2 aliphatic heterocycles. The number of likely N-dealkylation sites (tertiary alicyclic amines) is 2. The van der Waals surface area contributed by atoms with Crippen LogP contribution in [0.5, 0.6) is 5.75 Å². The first kappa shape index (κ1) is 20.0. The first-order valence-electron chi connectivity index (χ1n) is 10.8. The Kier molecular flexibility index (Phi) is 6.19. The zero-order chi connectivity index (χ0) is 20.2. The Morgan fingerprint density at radius 1 is 1.07 bits per heavy atom. The minimum absolute atomic E-state index is 0.340. The summed E-state index contributed by atoms with van der Waals surface area (Å²) < 4.78 is 5.24. The van der Waals surface area contributed by atoms with Gasteiger partial charge in [0.2, 0.25) is 5.91 Å². The van der Waals surface area contributed by atoms with Crippen molar-refractivity contribution in [1.29, 1.82) is 0 Å². The summed E-state index contributed by atoms with van der Waals surface area (Å²) in [4.78, 5) is 17.4. The fourth-order valence-electron chi connectivity index (χ4n) is 4.97. The number of rotatable bonds is 6. The molecule has 0 aromatic heterocycles. The van der Waals surface area contributed by atoms with E-state index in [0.29, 0.717) is 24.3 Å². The van der Waals surface area contributed by atoms with Crippen molar-refractivity contribution in [3.05, 3.63) is 65.2 Å². The van der Waals surface area contributed by atoms with E-state index in [9.17, 15) is 4.79 Å². The number of ether oxygens (including phenoxy) is 1. The van der Waals surface area contributed by atoms with Crippen molar-refractivity contribution in [2.24, 2.45) is 5.92 Å². The average Bonchev–Trinajstić information content (AvgIpc) is 2.73. The number of carbonyl (C=O) groups excluding carboxylic acids is 1.